The predicted molar refractivity (Wildman–Crippen MR) is 93.9 cm³/mol. The summed E-state index contributed by atoms with van der Waals surface area (Å²) in [5.74, 6) is 3.13. The van der Waals surface area contributed by atoms with Crippen molar-refractivity contribution in [2.45, 2.75) is 40.2 Å². The van der Waals surface area contributed by atoms with Gasteiger partial charge in [0.1, 0.15) is 23.9 Å². The molecule has 0 N–H and O–H groups in total. The third-order valence-electron chi connectivity index (χ3n) is 3.97. The molecule has 3 nitrogen and oxygen atoms in total. The molecule has 0 bridgehead atoms. The maximum absolute atomic E-state index is 6.06. The monoisotopic (exact) mass is 314 g/mol. The topological polar surface area (TPSA) is 27.7 Å². The summed E-state index contributed by atoms with van der Waals surface area (Å²) in [7, 11) is 3.39. The number of rotatable bonds is 6. The van der Waals surface area contributed by atoms with E-state index in [1.54, 1.807) is 14.2 Å². The molecule has 0 amide bonds. The Morgan fingerprint density at radius 2 is 1.57 bits per heavy atom. The molecule has 0 aromatic heterocycles. The largest absolute Gasteiger partial charge is 0.497 e. The summed E-state index contributed by atoms with van der Waals surface area (Å²) >= 11 is 0. The minimum Gasteiger partial charge on any atom is -0.497 e. The Bertz CT molecular complexity index is 652. The van der Waals surface area contributed by atoms with E-state index in [0.29, 0.717) is 12.5 Å². The highest BCUT2D eigenvalue weighted by Gasteiger charge is 2.10. The van der Waals surface area contributed by atoms with Crippen molar-refractivity contribution in [3.63, 3.8) is 0 Å². The highest BCUT2D eigenvalue weighted by Crippen LogP contribution is 2.30. The molecule has 0 saturated carbocycles. The van der Waals surface area contributed by atoms with Gasteiger partial charge >= 0.3 is 0 Å². The fraction of sp³-hybridized carbons (Fsp3) is 0.400. The molecule has 0 atom stereocenters. The Hall–Kier alpha value is -2.16. The van der Waals surface area contributed by atoms with Crippen LogP contribution in [0.2, 0.25) is 0 Å². The molecule has 0 fully saturated rings. The lowest BCUT2D eigenvalue weighted by Gasteiger charge is -2.16. The zero-order valence-corrected chi connectivity index (χ0v) is 14.9. The van der Waals surface area contributed by atoms with Crippen LogP contribution in [0, 0.1) is 13.8 Å². The van der Waals surface area contributed by atoms with E-state index in [9.17, 15) is 0 Å². The summed E-state index contributed by atoms with van der Waals surface area (Å²) in [5.41, 5.74) is 4.51. The van der Waals surface area contributed by atoms with Crippen LogP contribution in [-0.2, 0) is 6.61 Å². The van der Waals surface area contributed by atoms with Gasteiger partial charge in [-0.05, 0) is 66.3 Å². The third kappa shape index (κ3) is 3.98. The summed E-state index contributed by atoms with van der Waals surface area (Å²) in [6.07, 6.45) is 0. The van der Waals surface area contributed by atoms with E-state index in [1.807, 2.05) is 32.0 Å². The van der Waals surface area contributed by atoms with Crippen LogP contribution in [0.25, 0.3) is 0 Å². The molecule has 0 unspecified atom stereocenters. The van der Waals surface area contributed by atoms with E-state index in [2.05, 4.69) is 26.0 Å². The van der Waals surface area contributed by atoms with Crippen LogP contribution in [0.5, 0.6) is 17.2 Å². The first-order valence-electron chi connectivity index (χ1n) is 7.91. The van der Waals surface area contributed by atoms with Crippen molar-refractivity contribution in [2.75, 3.05) is 14.2 Å². The van der Waals surface area contributed by atoms with Gasteiger partial charge in [0.2, 0.25) is 0 Å². The molecule has 0 saturated heterocycles. The number of hydrogen-bond donors (Lipinski definition) is 0. The van der Waals surface area contributed by atoms with Crippen LogP contribution in [-0.4, -0.2) is 14.2 Å². The minimum atomic E-state index is 0.411. The van der Waals surface area contributed by atoms with Crippen LogP contribution in [0.4, 0.5) is 0 Å². The molecule has 0 aliphatic carbocycles. The Balaban J connectivity index is 2.20. The van der Waals surface area contributed by atoms with E-state index < -0.39 is 0 Å². The van der Waals surface area contributed by atoms with Gasteiger partial charge in [-0.3, -0.25) is 0 Å². The van der Waals surface area contributed by atoms with Crippen LogP contribution >= 0.6 is 0 Å². The number of aryl methyl sites for hydroxylation is 2. The van der Waals surface area contributed by atoms with E-state index >= 15 is 0 Å². The average Bonchev–Trinajstić information content (AvgIpc) is 2.53. The first-order chi connectivity index (χ1) is 11.0. The van der Waals surface area contributed by atoms with Gasteiger partial charge in [0, 0.05) is 0 Å². The highest BCUT2D eigenvalue weighted by atomic mass is 16.5. The number of ether oxygens (including phenoxy) is 3. The number of hydrogen-bond acceptors (Lipinski definition) is 3. The Morgan fingerprint density at radius 3 is 2.09 bits per heavy atom. The lowest BCUT2D eigenvalue weighted by atomic mass is 10.00. The molecule has 0 aliphatic rings. The quantitative estimate of drug-likeness (QED) is 0.749. The maximum atomic E-state index is 6.06. The molecule has 0 heterocycles. The maximum Gasteiger partial charge on any atom is 0.125 e. The van der Waals surface area contributed by atoms with Crippen molar-refractivity contribution < 1.29 is 14.2 Å². The first kappa shape index (κ1) is 17.2. The number of benzene rings is 2. The van der Waals surface area contributed by atoms with E-state index in [-0.39, 0.29) is 0 Å². The fourth-order valence-electron chi connectivity index (χ4n) is 2.74. The highest BCUT2D eigenvalue weighted by molar-refractivity contribution is 5.46. The smallest absolute Gasteiger partial charge is 0.125 e. The zero-order valence-electron chi connectivity index (χ0n) is 14.9. The van der Waals surface area contributed by atoms with Crippen molar-refractivity contribution in [2.24, 2.45) is 0 Å². The summed E-state index contributed by atoms with van der Waals surface area (Å²) in [4.78, 5) is 0. The molecule has 0 spiro atoms. The van der Waals surface area contributed by atoms with E-state index in [1.165, 1.54) is 5.56 Å². The van der Waals surface area contributed by atoms with Gasteiger partial charge in [-0.2, -0.15) is 0 Å². The molecule has 2 aromatic carbocycles. The Labute approximate surface area is 139 Å². The predicted octanol–water partition coefficient (Wildman–Crippen LogP) is 5.02. The van der Waals surface area contributed by atoms with Gasteiger partial charge in [0.25, 0.3) is 0 Å². The molecule has 3 heteroatoms. The third-order valence-corrected chi connectivity index (χ3v) is 3.97. The van der Waals surface area contributed by atoms with Gasteiger partial charge in [-0.25, -0.2) is 0 Å². The van der Waals surface area contributed by atoms with Gasteiger partial charge < -0.3 is 14.2 Å². The molecule has 0 radical (unpaired) electrons. The van der Waals surface area contributed by atoms with E-state index in [0.717, 1.165) is 33.9 Å². The molecule has 124 valence electrons. The normalized spacial score (nSPS) is 10.7. The Kier molecular flexibility index (Phi) is 5.54. The van der Waals surface area contributed by atoms with Crippen LogP contribution in [0.1, 0.15) is 42.0 Å². The summed E-state index contributed by atoms with van der Waals surface area (Å²) in [6, 6.07) is 10.2. The van der Waals surface area contributed by atoms with Gasteiger partial charge in [0.05, 0.1) is 14.2 Å². The molecular formula is C20H26O3. The van der Waals surface area contributed by atoms with Gasteiger partial charge in [-0.15, -0.1) is 0 Å². The van der Waals surface area contributed by atoms with Crippen molar-refractivity contribution in [1.29, 1.82) is 0 Å². The van der Waals surface area contributed by atoms with Gasteiger partial charge in [0.15, 0.2) is 0 Å². The molecule has 23 heavy (non-hydrogen) atoms. The van der Waals surface area contributed by atoms with Crippen molar-refractivity contribution in [1.82, 2.24) is 0 Å². The second-order valence-electron chi connectivity index (χ2n) is 6.11. The fourth-order valence-corrected chi connectivity index (χ4v) is 2.74. The van der Waals surface area contributed by atoms with Crippen molar-refractivity contribution in [3.8, 4) is 17.2 Å². The van der Waals surface area contributed by atoms with Crippen LogP contribution in [0.15, 0.2) is 30.3 Å². The van der Waals surface area contributed by atoms with Gasteiger partial charge in [-0.1, -0.05) is 19.9 Å². The molecule has 0 aliphatic heterocycles. The standard InChI is InChI=1S/C20H26O3/c1-13(2)18-11-16(7-8-19(18)22-6)12-23-20-14(3)9-17(21-5)10-15(20)4/h7-11,13H,12H2,1-6H3. The second kappa shape index (κ2) is 7.40. The lowest BCUT2D eigenvalue weighted by Crippen LogP contribution is -2.02. The number of methoxy groups -OCH3 is 2. The second-order valence-corrected chi connectivity index (χ2v) is 6.11. The lowest BCUT2D eigenvalue weighted by molar-refractivity contribution is 0.300. The summed E-state index contributed by atoms with van der Waals surface area (Å²) in [5, 5.41) is 0. The molecule has 2 rings (SSSR count). The molecule has 2 aromatic rings. The van der Waals surface area contributed by atoms with Crippen molar-refractivity contribution in [3.05, 3.63) is 52.6 Å². The van der Waals surface area contributed by atoms with Crippen LogP contribution < -0.4 is 14.2 Å². The summed E-state index contributed by atoms with van der Waals surface area (Å²) in [6.45, 7) is 8.95. The minimum absolute atomic E-state index is 0.411. The SMILES string of the molecule is COc1cc(C)c(OCc2ccc(OC)c(C(C)C)c2)c(C)c1. The van der Waals surface area contributed by atoms with E-state index in [4.69, 9.17) is 14.2 Å². The molecular weight excluding hydrogens is 288 g/mol. The average molecular weight is 314 g/mol. The van der Waals surface area contributed by atoms with Crippen LogP contribution in [0.3, 0.4) is 0 Å². The van der Waals surface area contributed by atoms with Crippen molar-refractivity contribution >= 4 is 0 Å². The summed E-state index contributed by atoms with van der Waals surface area (Å²) < 4.78 is 16.8. The zero-order chi connectivity index (χ0) is 17.0. The Morgan fingerprint density at radius 1 is 0.913 bits per heavy atom. The first-order valence-corrected chi connectivity index (χ1v) is 7.91.